The maximum atomic E-state index is 13.0. The van der Waals surface area contributed by atoms with Crippen LogP contribution in [0.2, 0.25) is 0 Å². The van der Waals surface area contributed by atoms with Gasteiger partial charge in [0.25, 0.3) is 5.91 Å². The van der Waals surface area contributed by atoms with Gasteiger partial charge in [0.15, 0.2) is 0 Å². The van der Waals surface area contributed by atoms with E-state index in [4.69, 9.17) is 14.6 Å². The quantitative estimate of drug-likeness (QED) is 0.813. The van der Waals surface area contributed by atoms with Crippen LogP contribution in [0, 0.1) is 0 Å². The van der Waals surface area contributed by atoms with Gasteiger partial charge in [0.05, 0.1) is 37.5 Å². The summed E-state index contributed by atoms with van der Waals surface area (Å²) in [7, 11) is 1.61. The molecule has 1 aliphatic rings. The number of rotatable bonds is 6. The predicted molar refractivity (Wildman–Crippen MR) is 101 cm³/mol. The second-order valence-corrected chi connectivity index (χ2v) is 6.24. The van der Waals surface area contributed by atoms with Crippen molar-refractivity contribution in [3.63, 3.8) is 0 Å². The van der Waals surface area contributed by atoms with Crippen molar-refractivity contribution in [3.05, 3.63) is 54.1 Å². The van der Waals surface area contributed by atoms with Gasteiger partial charge >= 0.3 is 5.97 Å². The number of carboxylic acids is 1. The van der Waals surface area contributed by atoms with Gasteiger partial charge in [0, 0.05) is 18.8 Å². The first-order valence-corrected chi connectivity index (χ1v) is 8.69. The van der Waals surface area contributed by atoms with Crippen LogP contribution in [0.5, 0.6) is 5.75 Å². The zero-order chi connectivity index (χ0) is 19.2. The molecule has 142 valence electrons. The van der Waals surface area contributed by atoms with Crippen LogP contribution in [0.25, 0.3) is 0 Å². The summed E-state index contributed by atoms with van der Waals surface area (Å²) in [5.41, 5.74) is 2.06. The van der Waals surface area contributed by atoms with E-state index < -0.39 is 12.1 Å². The number of aliphatic carboxylic acids is 1. The Kier molecular flexibility index (Phi) is 5.93. The fraction of sp³-hybridized carbons (Fsp3) is 0.300. The van der Waals surface area contributed by atoms with E-state index in [0.717, 1.165) is 11.4 Å². The highest BCUT2D eigenvalue weighted by Crippen LogP contribution is 2.24. The van der Waals surface area contributed by atoms with E-state index >= 15 is 0 Å². The third-order valence-corrected chi connectivity index (χ3v) is 4.35. The molecule has 3 rings (SSSR count). The number of hydrogen-bond acceptors (Lipinski definition) is 5. The molecule has 1 amide bonds. The molecule has 0 radical (unpaired) electrons. The third-order valence-electron chi connectivity index (χ3n) is 4.35. The minimum atomic E-state index is -0.934. The molecule has 2 N–H and O–H groups in total. The van der Waals surface area contributed by atoms with E-state index in [2.05, 4.69) is 5.32 Å². The third kappa shape index (κ3) is 4.77. The molecule has 0 aromatic heterocycles. The Morgan fingerprint density at radius 3 is 2.67 bits per heavy atom. The van der Waals surface area contributed by atoms with Gasteiger partial charge in [0.2, 0.25) is 0 Å². The Morgan fingerprint density at radius 1 is 1.22 bits per heavy atom. The fourth-order valence-electron chi connectivity index (χ4n) is 3.00. The zero-order valence-electron chi connectivity index (χ0n) is 15.1. The number of carboxylic acid groups (broad SMARTS) is 1. The molecule has 7 nitrogen and oxygen atoms in total. The molecule has 0 unspecified atom stereocenters. The Morgan fingerprint density at radius 2 is 1.96 bits per heavy atom. The Balaban J connectivity index is 1.76. The van der Waals surface area contributed by atoms with Gasteiger partial charge < -0.3 is 24.8 Å². The summed E-state index contributed by atoms with van der Waals surface area (Å²) >= 11 is 0. The van der Waals surface area contributed by atoms with E-state index in [9.17, 15) is 9.59 Å². The minimum absolute atomic E-state index is 0.116. The fourth-order valence-corrected chi connectivity index (χ4v) is 3.00. The standard InChI is InChI=1S/C20H22N2O5/c1-26-15-8-6-14(7-9-15)21-18-5-3-2-4-17(18)20(25)22-10-11-27-16(13-22)12-19(23)24/h2-9,16,21H,10-13H2,1H3,(H,23,24)/t16-/m0/s1. The number of para-hydroxylation sites is 1. The minimum Gasteiger partial charge on any atom is -0.497 e. The lowest BCUT2D eigenvalue weighted by atomic mass is 10.1. The molecule has 0 aliphatic carbocycles. The number of hydrogen-bond donors (Lipinski definition) is 2. The average molecular weight is 370 g/mol. The second kappa shape index (κ2) is 8.55. The van der Waals surface area contributed by atoms with Crippen molar-refractivity contribution in [2.75, 3.05) is 32.1 Å². The monoisotopic (exact) mass is 370 g/mol. The first kappa shape index (κ1) is 18.7. The van der Waals surface area contributed by atoms with Gasteiger partial charge in [-0.15, -0.1) is 0 Å². The Bertz CT molecular complexity index is 806. The van der Waals surface area contributed by atoms with Crippen molar-refractivity contribution in [2.24, 2.45) is 0 Å². The van der Waals surface area contributed by atoms with Crippen LogP contribution in [0.15, 0.2) is 48.5 Å². The van der Waals surface area contributed by atoms with Gasteiger partial charge in [-0.25, -0.2) is 0 Å². The first-order valence-electron chi connectivity index (χ1n) is 8.69. The summed E-state index contributed by atoms with van der Waals surface area (Å²) in [6.07, 6.45) is -0.600. The lowest BCUT2D eigenvalue weighted by Gasteiger charge is -2.32. The summed E-state index contributed by atoms with van der Waals surface area (Å²) in [6, 6.07) is 14.7. The second-order valence-electron chi connectivity index (χ2n) is 6.24. The number of nitrogens with zero attached hydrogens (tertiary/aromatic N) is 1. The maximum absolute atomic E-state index is 13.0. The van der Waals surface area contributed by atoms with Crippen molar-refractivity contribution in [1.82, 2.24) is 4.90 Å². The highest BCUT2D eigenvalue weighted by atomic mass is 16.5. The van der Waals surface area contributed by atoms with Crippen LogP contribution in [0.3, 0.4) is 0 Å². The molecular weight excluding hydrogens is 348 g/mol. The van der Waals surface area contributed by atoms with Crippen molar-refractivity contribution in [2.45, 2.75) is 12.5 Å². The molecule has 1 aliphatic heterocycles. The SMILES string of the molecule is COc1ccc(Nc2ccccc2C(=O)N2CCO[C@@H](CC(=O)O)C2)cc1. The number of amides is 1. The van der Waals surface area contributed by atoms with Crippen molar-refractivity contribution in [3.8, 4) is 5.75 Å². The number of morpholine rings is 1. The van der Waals surface area contributed by atoms with Crippen LogP contribution in [-0.2, 0) is 9.53 Å². The van der Waals surface area contributed by atoms with Crippen LogP contribution in [0.1, 0.15) is 16.8 Å². The molecule has 7 heteroatoms. The molecule has 2 aromatic rings. The number of nitrogens with one attached hydrogen (secondary N) is 1. The van der Waals surface area contributed by atoms with E-state index in [0.29, 0.717) is 24.4 Å². The van der Waals surface area contributed by atoms with Crippen molar-refractivity contribution in [1.29, 1.82) is 0 Å². The molecule has 0 spiro atoms. The number of methoxy groups -OCH3 is 1. The van der Waals surface area contributed by atoms with Crippen LogP contribution < -0.4 is 10.1 Å². The molecule has 1 atom stereocenters. The molecular formula is C20H22N2O5. The van der Waals surface area contributed by atoms with E-state index in [1.54, 1.807) is 18.1 Å². The number of anilines is 2. The number of ether oxygens (including phenoxy) is 2. The summed E-state index contributed by atoms with van der Waals surface area (Å²) < 4.78 is 10.6. The average Bonchev–Trinajstić information content (AvgIpc) is 2.68. The molecule has 1 saturated heterocycles. The summed E-state index contributed by atoms with van der Waals surface area (Å²) in [5, 5.41) is 12.2. The smallest absolute Gasteiger partial charge is 0.306 e. The molecule has 2 aromatic carbocycles. The first-order chi connectivity index (χ1) is 13.1. The molecule has 1 heterocycles. The van der Waals surface area contributed by atoms with Gasteiger partial charge in [-0.05, 0) is 36.4 Å². The zero-order valence-corrected chi connectivity index (χ0v) is 15.1. The molecule has 0 bridgehead atoms. The highest BCUT2D eigenvalue weighted by Gasteiger charge is 2.27. The van der Waals surface area contributed by atoms with Crippen LogP contribution in [0.4, 0.5) is 11.4 Å². The van der Waals surface area contributed by atoms with Crippen molar-refractivity contribution >= 4 is 23.3 Å². The normalized spacial score (nSPS) is 16.6. The lowest BCUT2D eigenvalue weighted by Crippen LogP contribution is -2.46. The topological polar surface area (TPSA) is 88.1 Å². The molecule has 27 heavy (non-hydrogen) atoms. The lowest BCUT2D eigenvalue weighted by molar-refractivity contribution is -0.141. The largest absolute Gasteiger partial charge is 0.497 e. The summed E-state index contributed by atoms with van der Waals surface area (Å²) in [4.78, 5) is 25.6. The summed E-state index contributed by atoms with van der Waals surface area (Å²) in [6.45, 7) is 1.03. The molecule has 0 saturated carbocycles. The van der Waals surface area contributed by atoms with Gasteiger partial charge in [0.1, 0.15) is 5.75 Å². The molecule has 1 fully saturated rings. The van der Waals surface area contributed by atoms with Gasteiger partial charge in [-0.2, -0.15) is 0 Å². The maximum Gasteiger partial charge on any atom is 0.306 e. The Labute approximate surface area is 157 Å². The van der Waals surface area contributed by atoms with Gasteiger partial charge in [-0.1, -0.05) is 12.1 Å². The summed E-state index contributed by atoms with van der Waals surface area (Å²) in [5.74, 6) is -0.330. The van der Waals surface area contributed by atoms with Gasteiger partial charge in [-0.3, -0.25) is 9.59 Å². The van der Waals surface area contributed by atoms with E-state index in [-0.39, 0.29) is 18.9 Å². The van der Waals surface area contributed by atoms with E-state index in [1.165, 1.54) is 0 Å². The van der Waals surface area contributed by atoms with Crippen molar-refractivity contribution < 1.29 is 24.2 Å². The Hall–Kier alpha value is -3.06. The van der Waals surface area contributed by atoms with E-state index in [1.807, 2.05) is 42.5 Å². The highest BCUT2D eigenvalue weighted by molar-refractivity contribution is 6.00. The van der Waals surface area contributed by atoms with Crippen LogP contribution >= 0.6 is 0 Å². The number of benzene rings is 2. The van der Waals surface area contributed by atoms with Crippen LogP contribution in [-0.4, -0.2) is 54.8 Å². The number of carbonyl (C=O) groups excluding carboxylic acids is 1. The predicted octanol–water partition coefficient (Wildman–Crippen LogP) is 2.75. The number of carbonyl (C=O) groups is 2.